The summed E-state index contributed by atoms with van der Waals surface area (Å²) in [6, 6.07) is 21.4. The van der Waals surface area contributed by atoms with Crippen LogP contribution in [0.5, 0.6) is 0 Å². The maximum atomic E-state index is 12.0. The first-order valence-corrected chi connectivity index (χ1v) is 10.6. The Hall–Kier alpha value is -4.30. The number of pyridine rings is 1. The van der Waals surface area contributed by atoms with Crippen molar-refractivity contribution in [1.82, 2.24) is 30.3 Å². The molecule has 0 fully saturated rings. The number of nitrogens with one attached hydrogen (secondary N) is 2. The first kappa shape index (κ1) is 20.6. The molecule has 0 saturated heterocycles. The summed E-state index contributed by atoms with van der Waals surface area (Å²) in [5, 5.41) is 24.3. The predicted molar refractivity (Wildman–Crippen MR) is 126 cm³/mol. The molecule has 0 saturated carbocycles. The molecule has 1 amide bonds. The fourth-order valence-corrected chi connectivity index (χ4v) is 3.69. The van der Waals surface area contributed by atoms with Crippen molar-refractivity contribution in [3.8, 4) is 22.5 Å². The van der Waals surface area contributed by atoms with E-state index in [0.717, 1.165) is 27.9 Å². The minimum atomic E-state index is -0.218. The lowest BCUT2D eigenvalue weighted by Crippen LogP contribution is -2.26. The Balaban J connectivity index is 1.36. The van der Waals surface area contributed by atoms with Crippen molar-refractivity contribution in [3.63, 3.8) is 0 Å². The van der Waals surface area contributed by atoms with Gasteiger partial charge in [0.2, 0.25) is 0 Å². The first-order chi connectivity index (χ1) is 16.2. The fourth-order valence-electron chi connectivity index (χ4n) is 3.69. The zero-order chi connectivity index (χ0) is 22.6. The molecule has 0 aliphatic rings. The molecule has 3 aromatic heterocycles. The number of aromatic amines is 1. The van der Waals surface area contributed by atoms with E-state index >= 15 is 0 Å². The molecule has 0 spiro atoms. The number of aliphatic hydroxyl groups excluding tert-OH is 1. The molecule has 0 radical (unpaired) electrons. The van der Waals surface area contributed by atoms with Crippen molar-refractivity contribution in [2.45, 2.75) is 6.54 Å². The van der Waals surface area contributed by atoms with Crippen LogP contribution in [0.25, 0.3) is 33.5 Å². The van der Waals surface area contributed by atoms with Crippen molar-refractivity contribution >= 4 is 16.9 Å². The van der Waals surface area contributed by atoms with Gasteiger partial charge in [-0.1, -0.05) is 42.5 Å². The Morgan fingerprint density at radius 1 is 1.00 bits per heavy atom. The largest absolute Gasteiger partial charge is 0.395 e. The van der Waals surface area contributed by atoms with Gasteiger partial charge in [-0.15, -0.1) is 0 Å². The predicted octanol–water partition coefficient (Wildman–Crippen LogP) is 3.26. The van der Waals surface area contributed by atoms with Crippen LogP contribution in [0.1, 0.15) is 15.9 Å². The average Bonchev–Trinajstić information content (AvgIpc) is 3.50. The van der Waals surface area contributed by atoms with E-state index < -0.39 is 0 Å². The number of hydrogen-bond donors (Lipinski definition) is 3. The molecule has 0 aliphatic carbocycles. The molecule has 0 bridgehead atoms. The number of benzene rings is 2. The summed E-state index contributed by atoms with van der Waals surface area (Å²) in [7, 11) is 0. The van der Waals surface area contributed by atoms with Crippen molar-refractivity contribution in [2.24, 2.45) is 0 Å². The summed E-state index contributed by atoms with van der Waals surface area (Å²) >= 11 is 0. The minimum Gasteiger partial charge on any atom is -0.395 e. The van der Waals surface area contributed by atoms with Crippen LogP contribution < -0.4 is 5.32 Å². The van der Waals surface area contributed by atoms with Gasteiger partial charge in [0.15, 0.2) is 5.65 Å². The maximum absolute atomic E-state index is 12.0. The lowest BCUT2D eigenvalue weighted by Gasteiger charge is -2.04. The van der Waals surface area contributed by atoms with Gasteiger partial charge >= 0.3 is 0 Å². The molecule has 0 unspecified atom stereocenters. The molecule has 0 aliphatic heterocycles. The Morgan fingerprint density at radius 2 is 1.82 bits per heavy atom. The van der Waals surface area contributed by atoms with Crippen LogP contribution in [0.15, 0.2) is 79.1 Å². The van der Waals surface area contributed by atoms with Gasteiger partial charge < -0.3 is 10.4 Å². The summed E-state index contributed by atoms with van der Waals surface area (Å²) in [5.41, 5.74) is 5.80. The van der Waals surface area contributed by atoms with Crippen molar-refractivity contribution in [1.29, 1.82) is 0 Å². The highest BCUT2D eigenvalue weighted by Crippen LogP contribution is 2.28. The standard InChI is InChI=1S/C25H22N6O2/c32-13-12-26-25(33)19-8-6-18(7-9-19)23-21-10-11-22(28-24(21)30-29-23)20-14-27-31(16-20)15-17-4-2-1-3-5-17/h1-11,14,16,32H,12-13,15H2,(H,26,33)(H,28,29,30). The second kappa shape index (κ2) is 9.05. The summed E-state index contributed by atoms with van der Waals surface area (Å²) in [6.07, 6.45) is 3.79. The van der Waals surface area contributed by atoms with Gasteiger partial charge in [-0.3, -0.25) is 14.6 Å². The number of aliphatic hydroxyl groups is 1. The topological polar surface area (TPSA) is 109 Å². The van der Waals surface area contributed by atoms with E-state index in [4.69, 9.17) is 10.1 Å². The second-order valence-electron chi connectivity index (χ2n) is 7.64. The van der Waals surface area contributed by atoms with E-state index in [9.17, 15) is 4.79 Å². The molecule has 0 atom stereocenters. The Kier molecular flexibility index (Phi) is 5.65. The molecule has 8 heteroatoms. The molecule has 33 heavy (non-hydrogen) atoms. The Morgan fingerprint density at radius 3 is 2.61 bits per heavy atom. The van der Waals surface area contributed by atoms with Crippen LogP contribution in [0.3, 0.4) is 0 Å². The van der Waals surface area contributed by atoms with Gasteiger partial charge in [-0.2, -0.15) is 10.2 Å². The molecule has 5 aromatic rings. The van der Waals surface area contributed by atoms with Crippen molar-refractivity contribution in [2.75, 3.05) is 13.2 Å². The highest BCUT2D eigenvalue weighted by atomic mass is 16.3. The molecular formula is C25H22N6O2. The molecule has 3 heterocycles. The molecule has 8 nitrogen and oxygen atoms in total. The van der Waals surface area contributed by atoms with E-state index in [1.54, 1.807) is 12.1 Å². The number of amides is 1. The number of carbonyl (C=O) groups is 1. The lowest BCUT2D eigenvalue weighted by atomic mass is 10.1. The Labute approximate surface area is 189 Å². The third-order valence-electron chi connectivity index (χ3n) is 5.37. The quantitative estimate of drug-likeness (QED) is 0.361. The fraction of sp³-hybridized carbons (Fsp3) is 0.120. The second-order valence-corrected chi connectivity index (χ2v) is 7.64. The van der Waals surface area contributed by atoms with Gasteiger partial charge in [0.1, 0.15) is 0 Å². The summed E-state index contributed by atoms with van der Waals surface area (Å²) in [6.45, 7) is 0.835. The monoisotopic (exact) mass is 438 g/mol. The molecular weight excluding hydrogens is 416 g/mol. The SMILES string of the molecule is O=C(NCCO)c1ccc(-c2[nH]nc3nc(-c4cnn(Cc5ccccc5)c4)ccc23)cc1. The summed E-state index contributed by atoms with van der Waals surface area (Å²) < 4.78 is 1.89. The van der Waals surface area contributed by atoms with Crippen molar-refractivity contribution in [3.05, 3.63) is 90.3 Å². The van der Waals surface area contributed by atoms with Gasteiger partial charge in [-0.25, -0.2) is 4.98 Å². The molecule has 3 N–H and O–H groups in total. The van der Waals surface area contributed by atoms with E-state index in [1.807, 2.05) is 59.5 Å². The minimum absolute atomic E-state index is 0.0905. The van der Waals surface area contributed by atoms with Gasteiger partial charge in [0.25, 0.3) is 5.91 Å². The number of fused-ring (bicyclic) bond motifs is 1. The van der Waals surface area contributed by atoms with Crippen molar-refractivity contribution < 1.29 is 9.90 Å². The van der Waals surface area contributed by atoms with Crippen LogP contribution in [-0.4, -0.2) is 49.1 Å². The number of aromatic nitrogens is 5. The third kappa shape index (κ3) is 4.37. The smallest absolute Gasteiger partial charge is 0.251 e. The number of H-pyrrole nitrogens is 1. The van der Waals surface area contributed by atoms with Gasteiger partial charge in [0.05, 0.1) is 30.7 Å². The molecule has 164 valence electrons. The number of nitrogens with zero attached hydrogens (tertiary/aromatic N) is 4. The maximum Gasteiger partial charge on any atom is 0.251 e. The van der Waals surface area contributed by atoms with Crippen LogP contribution in [0.4, 0.5) is 0 Å². The van der Waals surface area contributed by atoms with E-state index in [-0.39, 0.29) is 19.1 Å². The number of carbonyl (C=O) groups excluding carboxylic acids is 1. The van der Waals surface area contributed by atoms with E-state index in [2.05, 4.69) is 32.7 Å². The third-order valence-corrected chi connectivity index (χ3v) is 5.37. The zero-order valence-corrected chi connectivity index (χ0v) is 17.8. The number of rotatable bonds is 7. The highest BCUT2D eigenvalue weighted by molar-refractivity contribution is 5.96. The van der Waals surface area contributed by atoms with Crippen LogP contribution in [0.2, 0.25) is 0 Å². The summed E-state index contributed by atoms with van der Waals surface area (Å²) in [5.74, 6) is -0.218. The highest BCUT2D eigenvalue weighted by Gasteiger charge is 2.12. The van der Waals surface area contributed by atoms with Crippen LogP contribution in [0, 0.1) is 0 Å². The molecule has 5 rings (SSSR count). The average molecular weight is 438 g/mol. The van der Waals surface area contributed by atoms with E-state index in [1.165, 1.54) is 5.56 Å². The van der Waals surface area contributed by atoms with Gasteiger partial charge in [-0.05, 0) is 29.8 Å². The zero-order valence-electron chi connectivity index (χ0n) is 17.8. The normalized spacial score (nSPS) is 11.1. The van der Waals surface area contributed by atoms with E-state index in [0.29, 0.717) is 17.8 Å². The summed E-state index contributed by atoms with van der Waals surface area (Å²) in [4.78, 5) is 16.7. The first-order valence-electron chi connectivity index (χ1n) is 10.6. The lowest BCUT2D eigenvalue weighted by molar-refractivity contribution is 0.0945. The number of hydrogen-bond acceptors (Lipinski definition) is 5. The van der Waals surface area contributed by atoms with Crippen LogP contribution >= 0.6 is 0 Å². The Bertz CT molecular complexity index is 1390. The van der Waals surface area contributed by atoms with Crippen LogP contribution in [-0.2, 0) is 6.54 Å². The van der Waals surface area contributed by atoms with Gasteiger partial charge in [0, 0.05) is 34.8 Å². The molecule has 2 aromatic carbocycles.